The molecule has 1 N–H and O–H groups in total. The van der Waals surface area contributed by atoms with Crippen molar-refractivity contribution in [2.45, 2.75) is 26.2 Å². The Kier molecular flexibility index (Phi) is 17.0. The molecule has 0 aromatic heterocycles. The van der Waals surface area contributed by atoms with Crippen molar-refractivity contribution in [2.75, 3.05) is 21.1 Å². The fourth-order valence-electron chi connectivity index (χ4n) is 0.497. The molecule has 0 saturated heterocycles. The highest BCUT2D eigenvalue weighted by atomic mass is 35.5. The van der Waals surface area contributed by atoms with Gasteiger partial charge in [-0.25, -0.2) is 4.79 Å². The fraction of sp³-hybridized carbons (Fsp3) is 0.700. The van der Waals surface area contributed by atoms with Gasteiger partial charge < -0.3 is 10.0 Å². The summed E-state index contributed by atoms with van der Waals surface area (Å²) in [5.41, 5.74) is 0.317. The largest absolute Gasteiger partial charge is 0.478 e. The van der Waals surface area contributed by atoms with Crippen molar-refractivity contribution in [3.63, 3.8) is 0 Å². The van der Waals surface area contributed by atoms with Gasteiger partial charge in [0.2, 0.25) is 0 Å². The van der Waals surface area contributed by atoms with Gasteiger partial charge in [-0.15, -0.1) is 12.4 Å². The SMILES string of the molecule is C=C(CCCC)C(=O)O.CN(C)C.Cl. The van der Waals surface area contributed by atoms with E-state index in [-0.39, 0.29) is 12.4 Å². The van der Waals surface area contributed by atoms with Gasteiger partial charge >= 0.3 is 5.97 Å². The molecule has 0 unspecified atom stereocenters. The number of hydrogen-bond donors (Lipinski definition) is 1. The second kappa shape index (κ2) is 12.5. The minimum atomic E-state index is -0.872. The summed E-state index contributed by atoms with van der Waals surface area (Å²) < 4.78 is 0. The predicted octanol–water partition coefficient (Wildman–Crippen LogP) is 2.42. The van der Waals surface area contributed by atoms with Crippen molar-refractivity contribution in [1.29, 1.82) is 0 Å². The Bertz CT molecular complexity index is 155. The highest BCUT2D eigenvalue weighted by molar-refractivity contribution is 5.85. The van der Waals surface area contributed by atoms with Gasteiger partial charge in [-0.1, -0.05) is 19.9 Å². The Morgan fingerprint density at radius 3 is 1.93 bits per heavy atom. The van der Waals surface area contributed by atoms with E-state index in [1.807, 2.05) is 33.0 Å². The molecule has 14 heavy (non-hydrogen) atoms. The molecule has 0 spiro atoms. The number of carbonyl (C=O) groups is 1. The molecule has 0 fully saturated rings. The number of hydrogen-bond acceptors (Lipinski definition) is 2. The lowest BCUT2D eigenvalue weighted by atomic mass is 10.1. The monoisotopic (exact) mass is 223 g/mol. The lowest BCUT2D eigenvalue weighted by molar-refractivity contribution is -0.132. The van der Waals surface area contributed by atoms with Gasteiger partial charge in [0.25, 0.3) is 0 Å². The summed E-state index contributed by atoms with van der Waals surface area (Å²) in [5.74, 6) is -0.872. The first-order valence-electron chi connectivity index (χ1n) is 4.43. The lowest BCUT2D eigenvalue weighted by Crippen LogP contribution is -1.99. The summed E-state index contributed by atoms with van der Waals surface area (Å²) in [4.78, 5) is 12.1. The zero-order valence-corrected chi connectivity index (χ0v) is 10.4. The van der Waals surface area contributed by atoms with Crippen molar-refractivity contribution in [2.24, 2.45) is 0 Å². The fourth-order valence-corrected chi connectivity index (χ4v) is 0.497. The lowest BCUT2D eigenvalue weighted by Gasteiger charge is -1.95. The molecule has 0 bridgehead atoms. The molecule has 86 valence electrons. The summed E-state index contributed by atoms with van der Waals surface area (Å²) >= 11 is 0. The third-order valence-corrected chi connectivity index (χ3v) is 1.13. The zero-order chi connectivity index (χ0) is 10.9. The van der Waals surface area contributed by atoms with E-state index < -0.39 is 5.97 Å². The van der Waals surface area contributed by atoms with E-state index in [0.717, 1.165) is 12.8 Å². The van der Waals surface area contributed by atoms with E-state index in [1.54, 1.807) is 0 Å². The van der Waals surface area contributed by atoms with Gasteiger partial charge in [-0.05, 0) is 34.0 Å². The van der Waals surface area contributed by atoms with E-state index in [4.69, 9.17) is 5.11 Å². The van der Waals surface area contributed by atoms with Crippen molar-refractivity contribution >= 4 is 18.4 Å². The Hall–Kier alpha value is -0.540. The standard InChI is InChI=1S/C7H12O2.C3H9N.ClH/c1-3-4-5-6(2)7(8)9;1-4(2)3;/h2-5H2,1H3,(H,8,9);1-3H3;1H. The van der Waals surface area contributed by atoms with E-state index in [2.05, 4.69) is 6.58 Å². The van der Waals surface area contributed by atoms with Crippen molar-refractivity contribution in [3.05, 3.63) is 12.2 Å². The molecule has 0 heterocycles. The Morgan fingerprint density at radius 2 is 1.71 bits per heavy atom. The van der Waals surface area contributed by atoms with E-state index in [1.165, 1.54) is 0 Å². The van der Waals surface area contributed by atoms with Crippen LogP contribution in [0.25, 0.3) is 0 Å². The molecular formula is C10H22ClNO2. The van der Waals surface area contributed by atoms with Gasteiger partial charge in [-0.2, -0.15) is 0 Å². The third-order valence-electron chi connectivity index (χ3n) is 1.13. The smallest absolute Gasteiger partial charge is 0.330 e. The van der Waals surface area contributed by atoms with E-state index in [9.17, 15) is 4.79 Å². The number of aliphatic carboxylic acids is 1. The molecule has 3 nitrogen and oxygen atoms in total. The van der Waals surface area contributed by atoms with Gasteiger partial charge in [-0.3, -0.25) is 0 Å². The van der Waals surface area contributed by atoms with E-state index >= 15 is 0 Å². The second-order valence-electron chi connectivity index (χ2n) is 3.35. The van der Waals surface area contributed by atoms with Gasteiger partial charge in [0.1, 0.15) is 0 Å². The van der Waals surface area contributed by atoms with Crippen LogP contribution in [0.5, 0.6) is 0 Å². The number of carboxylic acid groups (broad SMARTS) is 1. The highest BCUT2D eigenvalue weighted by Gasteiger charge is 2.00. The molecule has 0 saturated carbocycles. The molecule has 0 rings (SSSR count). The second-order valence-corrected chi connectivity index (χ2v) is 3.35. The summed E-state index contributed by atoms with van der Waals surface area (Å²) in [6, 6.07) is 0. The van der Waals surface area contributed by atoms with Crippen LogP contribution < -0.4 is 0 Å². The molecule has 0 atom stereocenters. The molecule has 0 aliphatic carbocycles. The van der Waals surface area contributed by atoms with Crippen LogP contribution in [0.3, 0.4) is 0 Å². The maximum atomic E-state index is 10.1. The Labute approximate surface area is 93.2 Å². The molecule has 0 aliphatic heterocycles. The van der Waals surface area contributed by atoms with Crippen LogP contribution in [0.2, 0.25) is 0 Å². The number of nitrogens with zero attached hydrogens (tertiary/aromatic N) is 1. The molecular weight excluding hydrogens is 202 g/mol. The Morgan fingerprint density at radius 1 is 1.36 bits per heavy atom. The molecule has 0 aliphatic rings. The third kappa shape index (κ3) is 22.5. The zero-order valence-electron chi connectivity index (χ0n) is 9.54. The summed E-state index contributed by atoms with van der Waals surface area (Å²) in [6.07, 6.45) is 2.56. The van der Waals surface area contributed by atoms with Crippen LogP contribution in [-0.2, 0) is 4.79 Å². The molecule has 0 aromatic rings. The first-order valence-corrected chi connectivity index (χ1v) is 4.43. The minimum absolute atomic E-state index is 0. The van der Waals surface area contributed by atoms with Crippen LogP contribution in [0.4, 0.5) is 0 Å². The average molecular weight is 224 g/mol. The van der Waals surface area contributed by atoms with Crippen LogP contribution in [0, 0.1) is 0 Å². The number of rotatable bonds is 4. The summed E-state index contributed by atoms with van der Waals surface area (Å²) in [7, 11) is 6.00. The first-order chi connectivity index (χ1) is 5.91. The van der Waals surface area contributed by atoms with Crippen molar-refractivity contribution < 1.29 is 9.90 Å². The normalized spacial score (nSPS) is 8.36. The Balaban J connectivity index is -0.000000209. The van der Waals surface area contributed by atoms with Gasteiger partial charge in [0.05, 0.1) is 0 Å². The van der Waals surface area contributed by atoms with Crippen LogP contribution in [0.1, 0.15) is 26.2 Å². The predicted molar refractivity (Wildman–Crippen MR) is 63.2 cm³/mol. The maximum Gasteiger partial charge on any atom is 0.330 e. The topological polar surface area (TPSA) is 40.5 Å². The van der Waals surface area contributed by atoms with Crippen molar-refractivity contribution in [1.82, 2.24) is 4.90 Å². The summed E-state index contributed by atoms with van der Waals surface area (Å²) in [6.45, 7) is 5.42. The van der Waals surface area contributed by atoms with Crippen LogP contribution in [0.15, 0.2) is 12.2 Å². The first kappa shape index (κ1) is 19.1. The van der Waals surface area contributed by atoms with Gasteiger partial charge in [0, 0.05) is 5.57 Å². The van der Waals surface area contributed by atoms with Gasteiger partial charge in [0.15, 0.2) is 0 Å². The number of unbranched alkanes of at least 4 members (excludes halogenated alkanes) is 1. The van der Waals surface area contributed by atoms with Crippen LogP contribution in [-0.4, -0.2) is 37.1 Å². The molecule has 0 amide bonds. The minimum Gasteiger partial charge on any atom is -0.478 e. The molecule has 0 aromatic carbocycles. The highest BCUT2D eigenvalue weighted by Crippen LogP contribution is 2.03. The maximum absolute atomic E-state index is 10.1. The summed E-state index contributed by atoms with van der Waals surface area (Å²) in [5, 5.41) is 8.31. The average Bonchev–Trinajstić information content (AvgIpc) is 1.98. The molecule has 0 radical (unpaired) electrons. The quantitative estimate of drug-likeness (QED) is 0.745. The number of halogens is 1. The van der Waals surface area contributed by atoms with Crippen LogP contribution >= 0.6 is 12.4 Å². The number of carboxylic acids is 1. The van der Waals surface area contributed by atoms with E-state index in [0.29, 0.717) is 12.0 Å². The van der Waals surface area contributed by atoms with Crippen molar-refractivity contribution in [3.8, 4) is 0 Å². The molecule has 4 heteroatoms.